The molecule has 0 aromatic heterocycles. The zero-order valence-corrected chi connectivity index (χ0v) is 6.72. The summed E-state index contributed by atoms with van der Waals surface area (Å²) in [6, 6.07) is 0. The van der Waals surface area contributed by atoms with E-state index in [0.29, 0.717) is 8.27 Å². The van der Waals surface area contributed by atoms with E-state index < -0.39 is 3.92 Å². The van der Waals surface area contributed by atoms with Crippen LogP contribution in [0.3, 0.4) is 0 Å². The Balaban J connectivity index is 2.54. The van der Waals surface area contributed by atoms with Crippen molar-refractivity contribution in [3.8, 4) is 0 Å². The second-order valence-corrected chi connectivity index (χ2v) is 4.58. The zero-order valence-electron chi connectivity index (χ0n) is 2.41. The van der Waals surface area contributed by atoms with E-state index in [1.165, 1.54) is 0 Å². The van der Waals surface area contributed by atoms with Crippen molar-refractivity contribution in [2.45, 2.75) is 3.92 Å². The Kier molecular flexibility index (Phi) is 4.83. The SMILES string of the molecule is FC(I)PP. The molecule has 0 N–H and O–H groups in total. The molecule has 0 aliphatic rings. The van der Waals surface area contributed by atoms with Gasteiger partial charge < -0.3 is 0 Å². The maximum Gasteiger partial charge on any atom is 0.169 e. The van der Waals surface area contributed by atoms with E-state index >= 15 is 0 Å². The molecule has 0 radical (unpaired) electrons. The van der Waals surface area contributed by atoms with Gasteiger partial charge in [0.2, 0.25) is 0 Å². The molecular weight excluding hydrogens is 220 g/mol. The second-order valence-electron chi connectivity index (χ2n) is 0.467. The van der Waals surface area contributed by atoms with Crippen LogP contribution in [0.15, 0.2) is 0 Å². The molecule has 3 atom stereocenters. The van der Waals surface area contributed by atoms with Gasteiger partial charge in [-0.2, -0.15) is 0 Å². The third-order valence-electron chi connectivity index (χ3n) is 0.126. The van der Waals surface area contributed by atoms with E-state index in [0.717, 1.165) is 0 Å². The highest BCUT2D eigenvalue weighted by Crippen LogP contribution is 2.32. The summed E-state index contributed by atoms with van der Waals surface area (Å²) in [5.41, 5.74) is 0. The van der Waals surface area contributed by atoms with Crippen LogP contribution in [-0.4, -0.2) is 3.92 Å². The van der Waals surface area contributed by atoms with Gasteiger partial charge in [-0.3, -0.25) is 0 Å². The average molecular weight is 224 g/mol. The fourth-order valence-corrected chi connectivity index (χ4v) is 0. The summed E-state index contributed by atoms with van der Waals surface area (Å²) >= 11 is 1.73. The number of rotatable bonds is 1. The van der Waals surface area contributed by atoms with Crippen molar-refractivity contribution in [1.82, 2.24) is 0 Å². The van der Waals surface area contributed by atoms with E-state index in [9.17, 15) is 4.39 Å². The number of halogens is 2. The lowest BCUT2D eigenvalue weighted by Crippen LogP contribution is -1.59. The number of hydrogen-bond donors (Lipinski definition) is 0. The highest BCUT2D eigenvalue weighted by Gasteiger charge is 1.87. The largest absolute Gasteiger partial charge is 0.231 e. The summed E-state index contributed by atoms with van der Waals surface area (Å²) in [6.07, 6.45) is 0. The topological polar surface area (TPSA) is 0 Å². The molecule has 0 saturated heterocycles. The fourth-order valence-electron chi connectivity index (χ4n) is 0. The van der Waals surface area contributed by atoms with Crippen LogP contribution in [0, 0.1) is 0 Å². The Morgan fingerprint density at radius 2 is 2.20 bits per heavy atom. The predicted octanol–water partition coefficient (Wildman–Crippen LogP) is 2.14. The number of hydrogen-bond acceptors (Lipinski definition) is 0. The lowest BCUT2D eigenvalue weighted by atomic mass is 11.8. The van der Waals surface area contributed by atoms with E-state index in [1.807, 2.05) is 0 Å². The minimum atomic E-state index is -0.655. The Hall–Kier alpha value is 1.52. The van der Waals surface area contributed by atoms with E-state index in [1.54, 1.807) is 22.6 Å². The molecule has 0 aliphatic carbocycles. The van der Waals surface area contributed by atoms with Crippen LogP contribution in [0.2, 0.25) is 0 Å². The van der Waals surface area contributed by atoms with Crippen LogP contribution in [0.4, 0.5) is 4.39 Å². The summed E-state index contributed by atoms with van der Waals surface area (Å²) in [7, 11) is 2.69. The fraction of sp³-hybridized carbons (Fsp3) is 1.00. The van der Waals surface area contributed by atoms with Crippen molar-refractivity contribution in [2.24, 2.45) is 0 Å². The highest BCUT2D eigenvalue weighted by atomic mass is 127. The van der Waals surface area contributed by atoms with Gasteiger partial charge in [0.05, 0.1) is 0 Å². The molecule has 5 heavy (non-hydrogen) atoms. The molecule has 0 aromatic rings. The molecule has 0 saturated carbocycles. The number of alkyl halides is 2. The van der Waals surface area contributed by atoms with Gasteiger partial charge >= 0.3 is 0 Å². The first-order valence-electron chi connectivity index (χ1n) is 1.01. The normalized spacial score (nSPS) is 17.4. The minimum Gasteiger partial charge on any atom is -0.231 e. The van der Waals surface area contributed by atoms with Crippen molar-refractivity contribution < 1.29 is 4.39 Å². The van der Waals surface area contributed by atoms with Crippen LogP contribution < -0.4 is 0 Å². The second kappa shape index (κ2) is 3.70. The zero-order chi connectivity index (χ0) is 4.28. The first-order valence-corrected chi connectivity index (χ1v) is 5.15. The van der Waals surface area contributed by atoms with Gasteiger partial charge in [0, 0.05) is 0 Å². The Morgan fingerprint density at radius 3 is 2.20 bits per heavy atom. The standard InChI is InChI=1S/CH4FIP2/c2-1(3)5-4/h1,5H,4H2. The maximum atomic E-state index is 11.4. The summed E-state index contributed by atoms with van der Waals surface area (Å²) in [6.45, 7) is 0. The van der Waals surface area contributed by atoms with Gasteiger partial charge in [0.1, 0.15) is 0 Å². The third kappa shape index (κ3) is 5.52. The van der Waals surface area contributed by atoms with Gasteiger partial charge in [-0.1, -0.05) is 8.27 Å². The molecule has 0 nitrogen and oxygen atoms in total. The quantitative estimate of drug-likeness (QED) is 0.363. The monoisotopic (exact) mass is 224 g/mol. The van der Waals surface area contributed by atoms with Crippen molar-refractivity contribution in [1.29, 1.82) is 0 Å². The molecule has 0 aromatic carbocycles. The molecule has 32 valence electrons. The molecule has 0 rings (SSSR count). The van der Waals surface area contributed by atoms with Crippen LogP contribution in [0.5, 0.6) is 0 Å². The summed E-state index contributed by atoms with van der Waals surface area (Å²) in [4.78, 5) is 0. The average Bonchev–Trinajstić information content (AvgIpc) is 1.38. The molecular formula is CH4FIP2. The molecule has 0 spiro atoms. The van der Waals surface area contributed by atoms with Crippen molar-refractivity contribution in [3.63, 3.8) is 0 Å². The summed E-state index contributed by atoms with van der Waals surface area (Å²) in [5, 5.41) is 0. The molecule has 0 bridgehead atoms. The Labute approximate surface area is 48.3 Å². The molecule has 0 fully saturated rings. The van der Waals surface area contributed by atoms with Gasteiger partial charge in [-0.15, -0.1) is 8.93 Å². The maximum absolute atomic E-state index is 11.4. The van der Waals surface area contributed by atoms with Gasteiger partial charge in [0.15, 0.2) is 3.92 Å². The summed E-state index contributed by atoms with van der Waals surface area (Å²) in [5.74, 6) is 0. The molecule has 0 aliphatic heterocycles. The van der Waals surface area contributed by atoms with E-state index in [-0.39, 0.29) is 0 Å². The molecule has 3 unspecified atom stereocenters. The van der Waals surface area contributed by atoms with Crippen molar-refractivity contribution in [2.75, 3.05) is 0 Å². The predicted molar refractivity (Wildman–Crippen MR) is 36.9 cm³/mol. The molecule has 4 heteroatoms. The van der Waals surface area contributed by atoms with E-state index in [4.69, 9.17) is 0 Å². The van der Waals surface area contributed by atoms with Crippen LogP contribution in [0.25, 0.3) is 0 Å². The minimum absolute atomic E-state index is 0.351. The van der Waals surface area contributed by atoms with Gasteiger partial charge in [0.25, 0.3) is 0 Å². The molecule has 0 amide bonds. The first kappa shape index (κ1) is 6.52. The molecule has 0 heterocycles. The van der Waals surface area contributed by atoms with Crippen LogP contribution >= 0.6 is 39.8 Å². The summed E-state index contributed by atoms with van der Waals surface area (Å²) < 4.78 is 10.8. The van der Waals surface area contributed by atoms with E-state index in [2.05, 4.69) is 8.93 Å². The lowest BCUT2D eigenvalue weighted by Gasteiger charge is -1.84. The Morgan fingerprint density at radius 1 is 2.00 bits per heavy atom. The Bertz CT molecular complexity index is 23.6. The first-order chi connectivity index (χ1) is 2.27. The van der Waals surface area contributed by atoms with Crippen LogP contribution in [0.1, 0.15) is 0 Å². The van der Waals surface area contributed by atoms with Crippen molar-refractivity contribution >= 4 is 39.8 Å². The van der Waals surface area contributed by atoms with Crippen LogP contribution in [-0.2, 0) is 0 Å². The van der Waals surface area contributed by atoms with Gasteiger partial charge in [-0.25, -0.2) is 4.39 Å². The third-order valence-corrected chi connectivity index (χ3v) is 4.37. The lowest BCUT2D eigenvalue weighted by molar-refractivity contribution is 0.585. The smallest absolute Gasteiger partial charge is 0.169 e. The van der Waals surface area contributed by atoms with Crippen molar-refractivity contribution in [3.05, 3.63) is 0 Å². The van der Waals surface area contributed by atoms with Gasteiger partial charge in [-0.05, 0) is 22.6 Å². The highest BCUT2D eigenvalue weighted by molar-refractivity contribution is 14.1.